The molecule has 8 heteroatoms. The van der Waals surface area contributed by atoms with E-state index >= 15 is 0 Å². The second-order valence-corrected chi connectivity index (χ2v) is 5.08. The number of esters is 1. The Bertz CT molecular complexity index is 841. The summed E-state index contributed by atoms with van der Waals surface area (Å²) in [5.41, 5.74) is -0.154. The van der Waals surface area contributed by atoms with E-state index in [1.54, 1.807) is 6.92 Å². The van der Waals surface area contributed by atoms with Gasteiger partial charge in [0.2, 0.25) is 0 Å². The number of carboxylic acids is 1. The molecule has 0 atom stereocenters. The number of phenolic OH excluding ortho intramolecular Hbond substituents is 1. The zero-order valence-electron chi connectivity index (χ0n) is 13.7. The highest BCUT2D eigenvalue weighted by molar-refractivity contribution is 5.96. The first-order valence-electron chi connectivity index (χ1n) is 7.02. The molecule has 0 spiro atoms. The third-order valence-corrected chi connectivity index (χ3v) is 3.34. The Hall–Kier alpha value is -3.42. The van der Waals surface area contributed by atoms with Gasteiger partial charge in [0.15, 0.2) is 11.5 Å². The minimum Gasteiger partial charge on any atom is -0.507 e. The number of aryl methyl sites for hydroxylation is 1. The van der Waals surface area contributed by atoms with Crippen molar-refractivity contribution in [2.75, 3.05) is 14.2 Å². The quantitative estimate of drug-likeness (QED) is 0.705. The minimum atomic E-state index is -1.43. The molecule has 0 aliphatic rings. The first-order chi connectivity index (χ1) is 11.8. The highest BCUT2D eigenvalue weighted by Gasteiger charge is 2.24. The van der Waals surface area contributed by atoms with Crippen molar-refractivity contribution in [1.29, 1.82) is 0 Å². The number of methoxy groups -OCH3 is 2. The fourth-order valence-corrected chi connectivity index (χ4v) is 2.21. The molecule has 0 saturated carbocycles. The molecule has 2 aromatic carbocycles. The molecular formula is C17H16O8. The molecule has 8 nitrogen and oxygen atoms in total. The number of hydrogen-bond acceptors (Lipinski definition) is 7. The van der Waals surface area contributed by atoms with Gasteiger partial charge in [-0.15, -0.1) is 0 Å². The lowest BCUT2D eigenvalue weighted by atomic mass is 10.1. The molecule has 0 aliphatic carbocycles. The van der Waals surface area contributed by atoms with E-state index in [9.17, 15) is 24.9 Å². The molecule has 0 unspecified atom stereocenters. The fourth-order valence-electron chi connectivity index (χ4n) is 2.21. The molecule has 0 radical (unpaired) electrons. The number of carbonyl (C=O) groups excluding carboxylic acids is 1. The van der Waals surface area contributed by atoms with Crippen LogP contribution in [0.1, 0.15) is 26.3 Å². The molecule has 2 rings (SSSR count). The highest BCUT2D eigenvalue weighted by atomic mass is 16.5. The summed E-state index contributed by atoms with van der Waals surface area (Å²) in [5, 5.41) is 29.3. The fraction of sp³-hybridized carbons (Fsp3) is 0.176. The molecule has 3 N–H and O–H groups in total. The largest absolute Gasteiger partial charge is 0.507 e. The van der Waals surface area contributed by atoms with Crippen LogP contribution in [0.25, 0.3) is 0 Å². The van der Waals surface area contributed by atoms with Crippen LogP contribution < -0.4 is 9.47 Å². The van der Waals surface area contributed by atoms with Crippen molar-refractivity contribution in [2.24, 2.45) is 0 Å². The molecule has 132 valence electrons. The van der Waals surface area contributed by atoms with Gasteiger partial charge < -0.3 is 29.5 Å². The summed E-state index contributed by atoms with van der Waals surface area (Å²) in [6.45, 7) is 1.62. The molecule has 0 heterocycles. The van der Waals surface area contributed by atoms with Gasteiger partial charge >= 0.3 is 11.9 Å². The molecule has 2 aromatic rings. The molecule has 0 bridgehead atoms. The standard InChI is InChI=1S/C17H16O8/c1-8-4-11(18)14(16(20)21)13(5-8)25-15-10(17(22)24-3)6-9(23-2)7-12(15)19/h4-7,18-19H,1-3H3,(H,20,21). The molecule has 0 aromatic heterocycles. The summed E-state index contributed by atoms with van der Waals surface area (Å²) >= 11 is 0. The Labute approximate surface area is 142 Å². The van der Waals surface area contributed by atoms with Crippen LogP contribution in [0, 0.1) is 6.92 Å². The van der Waals surface area contributed by atoms with Crippen LogP contribution in [0.2, 0.25) is 0 Å². The highest BCUT2D eigenvalue weighted by Crippen LogP contribution is 2.41. The summed E-state index contributed by atoms with van der Waals surface area (Å²) in [4.78, 5) is 23.4. The van der Waals surface area contributed by atoms with Crippen molar-refractivity contribution in [3.63, 3.8) is 0 Å². The lowest BCUT2D eigenvalue weighted by Gasteiger charge is -2.15. The van der Waals surface area contributed by atoms with Gasteiger partial charge in [-0.25, -0.2) is 9.59 Å². The van der Waals surface area contributed by atoms with E-state index in [0.717, 1.165) is 7.11 Å². The van der Waals surface area contributed by atoms with Gasteiger partial charge in [0, 0.05) is 6.07 Å². The number of ether oxygens (including phenoxy) is 3. The van der Waals surface area contributed by atoms with Gasteiger partial charge in [-0.2, -0.15) is 0 Å². The lowest BCUT2D eigenvalue weighted by Crippen LogP contribution is -2.07. The number of aromatic carboxylic acids is 1. The van der Waals surface area contributed by atoms with Gasteiger partial charge in [0.1, 0.15) is 28.4 Å². The zero-order valence-corrected chi connectivity index (χ0v) is 13.7. The zero-order chi connectivity index (χ0) is 18.7. The van der Waals surface area contributed by atoms with Crippen LogP contribution in [-0.4, -0.2) is 41.5 Å². The Balaban J connectivity index is 2.65. The number of phenols is 2. The monoisotopic (exact) mass is 348 g/mol. The maximum Gasteiger partial charge on any atom is 0.343 e. The average molecular weight is 348 g/mol. The van der Waals surface area contributed by atoms with Gasteiger partial charge in [0.05, 0.1) is 14.2 Å². The molecule has 0 fully saturated rings. The Kier molecular flexibility index (Phi) is 5.02. The molecule has 0 aliphatic heterocycles. The number of aromatic hydroxyl groups is 2. The van der Waals surface area contributed by atoms with Crippen LogP contribution >= 0.6 is 0 Å². The van der Waals surface area contributed by atoms with Crippen molar-refractivity contribution in [3.05, 3.63) is 41.0 Å². The predicted molar refractivity (Wildman–Crippen MR) is 85.9 cm³/mol. The smallest absolute Gasteiger partial charge is 0.343 e. The van der Waals surface area contributed by atoms with Crippen LogP contribution in [0.3, 0.4) is 0 Å². The number of benzene rings is 2. The first-order valence-corrected chi connectivity index (χ1v) is 7.02. The first kappa shape index (κ1) is 17.9. The SMILES string of the molecule is COC(=O)c1cc(OC)cc(O)c1Oc1cc(C)cc(O)c1C(=O)O. The third kappa shape index (κ3) is 3.57. The lowest BCUT2D eigenvalue weighted by molar-refractivity contribution is 0.0596. The van der Waals surface area contributed by atoms with Crippen molar-refractivity contribution in [3.8, 4) is 28.7 Å². The molecule has 0 amide bonds. The van der Waals surface area contributed by atoms with Crippen molar-refractivity contribution in [2.45, 2.75) is 6.92 Å². The van der Waals surface area contributed by atoms with Gasteiger partial charge in [0.25, 0.3) is 0 Å². The van der Waals surface area contributed by atoms with E-state index < -0.39 is 29.0 Å². The van der Waals surface area contributed by atoms with E-state index in [4.69, 9.17) is 9.47 Å². The van der Waals surface area contributed by atoms with Gasteiger partial charge in [-0.05, 0) is 30.7 Å². The van der Waals surface area contributed by atoms with E-state index in [2.05, 4.69) is 4.74 Å². The minimum absolute atomic E-state index is 0.170. The Morgan fingerprint density at radius 2 is 1.68 bits per heavy atom. The summed E-state index contributed by atoms with van der Waals surface area (Å²) in [5.74, 6) is -3.60. The van der Waals surface area contributed by atoms with Crippen LogP contribution in [0.15, 0.2) is 24.3 Å². The maximum absolute atomic E-state index is 12.0. The normalized spacial score (nSPS) is 10.2. The summed E-state index contributed by atoms with van der Waals surface area (Å²) in [7, 11) is 2.49. The second kappa shape index (κ2) is 7.00. The van der Waals surface area contributed by atoms with Gasteiger partial charge in [-0.3, -0.25) is 0 Å². The molecule has 25 heavy (non-hydrogen) atoms. The Morgan fingerprint density at radius 1 is 1.00 bits per heavy atom. The van der Waals surface area contributed by atoms with Crippen molar-refractivity contribution >= 4 is 11.9 Å². The maximum atomic E-state index is 12.0. The number of hydrogen-bond donors (Lipinski definition) is 3. The predicted octanol–water partition coefficient (Wildman–Crippen LogP) is 2.69. The van der Waals surface area contributed by atoms with Crippen molar-refractivity contribution < 1.29 is 39.1 Å². The van der Waals surface area contributed by atoms with Crippen LogP contribution in [0.5, 0.6) is 28.7 Å². The Morgan fingerprint density at radius 3 is 2.24 bits per heavy atom. The van der Waals surface area contributed by atoms with Gasteiger partial charge in [-0.1, -0.05) is 0 Å². The van der Waals surface area contributed by atoms with E-state index in [0.29, 0.717) is 5.56 Å². The van der Waals surface area contributed by atoms with Crippen LogP contribution in [-0.2, 0) is 4.74 Å². The molecule has 0 saturated heterocycles. The van der Waals surface area contributed by atoms with E-state index in [1.807, 2.05) is 0 Å². The number of carbonyl (C=O) groups is 2. The summed E-state index contributed by atoms with van der Waals surface area (Å²) in [6.07, 6.45) is 0. The third-order valence-electron chi connectivity index (χ3n) is 3.34. The number of rotatable bonds is 5. The summed E-state index contributed by atoms with van der Waals surface area (Å²) in [6, 6.07) is 5.08. The van der Waals surface area contributed by atoms with Crippen molar-refractivity contribution in [1.82, 2.24) is 0 Å². The average Bonchev–Trinajstić information content (AvgIpc) is 2.54. The van der Waals surface area contributed by atoms with Crippen LogP contribution in [0.4, 0.5) is 0 Å². The second-order valence-electron chi connectivity index (χ2n) is 5.08. The number of carboxylic acid groups (broad SMARTS) is 1. The van der Waals surface area contributed by atoms with E-state index in [-0.39, 0.29) is 22.8 Å². The summed E-state index contributed by atoms with van der Waals surface area (Å²) < 4.78 is 15.1. The molecular weight excluding hydrogens is 332 g/mol. The van der Waals surface area contributed by atoms with E-state index in [1.165, 1.54) is 31.4 Å². The topological polar surface area (TPSA) is 123 Å².